The zero-order valence-electron chi connectivity index (χ0n) is 16.2. The van der Waals surface area contributed by atoms with Crippen molar-refractivity contribution in [1.82, 2.24) is 4.90 Å². The topological polar surface area (TPSA) is 52.6 Å². The summed E-state index contributed by atoms with van der Waals surface area (Å²) in [7, 11) is 0. The number of hydrogen-bond donors (Lipinski definition) is 2. The Morgan fingerprint density at radius 1 is 1.20 bits per heavy atom. The lowest BCUT2D eigenvalue weighted by molar-refractivity contribution is -0.118. The number of rotatable bonds is 7. The summed E-state index contributed by atoms with van der Waals surface area (Å²) in [4.78, 5) is 15.0. The van der Waals surface area contributed by atoms with Crippen LogP contribution in [0.1, 0.15) is 76.3 Å². The number of nitrogens with one attached hydrogen (secondary N) is 1. The van der Waals surface area contributed by atoms with E-state index in [1.165, 1.54) is 17.5 Å². The van der Waals surface area contributed by atoms with Crippen molar-refractivity contribution in [3.05, 3.63) is 29.3 Å². The van der Waals surface area contributed by atoms with Crippen LogP contribution in [0.4, 0.5) is 5.69 Å². The molecule has 0 radical (unpaired) electrons. The number of likely N-dealkylation sites (tertiary alicyclic amines) is 1. The summed E-state index contributed by atoms with van der Waals surface area (Å²) in [5, 5.41) is 12.5. The van der Waals surface area contributed by atoms with Gasteiger partial charge in [-0.2, -0.15) is 0 Å². The largest absolute Gasteiger partial charge is 0.396 e. The summed E-state index contributed by atoms with van der Waals surface area (Å²) in [5.41, 5.74) is 3.39. The molecule has 140 valence electrons. The monoisotopic (exact) mass is 346 g/mol. The van der Waals surface area contributed by atoms with Crippen molar-refractivity contribution in [3.63, 3.8) is 0 Å². The third-order valence-corrected chi connectivity index (χ3v) is 5.20. The Hall–Kier alpha value is -1.39. The maximum Gasteiger partial charge on any atom is 0.238 e. The van der Waals surface area contributed by atoms with Crippen LogP contribution >= 0.6 is 0 Å². The van der Waals surface area contributed by atoms with E-state index in [4.69, 9.17) is 0 Å². The molecular formula is C21H34N2O2. The molecule has 1 aromatic rings. The average molecular weight is 347 g/mol. The number of carbonyl (C=O) groups excluding carboxylic acids is 1. The van der Waals surface area contributed by atoms with Gasteiger partial charge in [0, 0.05) is 18.3 Å². The summed E-state index contributed by atoms with van der Waals surface area (Å²) >= 11 is 0. The van der Waals surface area contributed by atoms with Gasteiger partial charge in [0.1, 0.15) is 0 Å². The van der Waals surface area contributed by atoms with Crippen LogP contribution in [0, 0.1) is 0 Å². The minimum Gasteiger partial charge on any atom is -0.396 e. The van der Waals surface area contributed by atoms with Crippen molar-refractivity contribution in [1.29, 1.82) is 0 Å². The summed E-state index contributed by atoms with van der Waals surface area (Å²) in [6, 6.07) is 6.64. The van der Waals surface area contributed by atoms with E-state index < -0.39 is 0 Å². The van der Waals surface area contributed by atoms with Gasteiger partial charge in [-0.05, 0) is 48.8 Å². The number of para-hydroxylation sites is 1. The number of anilines is 1. The first-order valence-electron chi connectivity index (χ1n) is 9.71. The van der Waals surface area contributed by atoms with Crippen molar-refractivity contribution < 1.29 is 9.90 Å². The van der Waals surface area contributed by atoms with Crippen LogP contribution in [0.2, 0.25) is 0 Å². The van der Waals surface area contributed by atoms with E-state index in [2.05, 4.69) is 56.1 Å². The van der Waals surface area contributed by atoms with Crippen LogP contribution in [0.3, 0.4) is 0 Å². The predicted molar refractivity (Wildman–Crippen MR) is 104 cm³/mol. The van der Waals surface area contributed by atoms with E-state index in [0.717, 1.165) is 31.5 Å². The lowest BCUT2D eigenvalue weighted by Crippen LogP contribution is -2.44. The van der Waals surface area contributed by atoms with Gasteiger partial charge in [0.2, 0.25) is 5.91 Å². The lowest BCUT2D eigenvalue weighted by Gasteiger charge is -2.35. The van der Waals surface area contributed by atoms with Crippen molar-refractivity contribution in [2.24, 2.45) is 0 Å². The minimum atomic E-state index is 0.0554. The number of aliphatic hydroxyl groups excluding tert-OH is 1. The number of nitrogens with zero attached hydrogens (tertiary/aromatic N) is 1. The maximum atomic E-state index is 12.8. The molecule has 0 bridgehead atoms. The van der Waals surface area contributed by atoms with Crippen LogP contribution in [-0.2, 0) is 4.79 Å². The van der Waals surface area contributed by atoms with Crippen LogP contribution < -0.4 is 5.32 Å². The number of hydrogen-bond acceptors (Lipinski definition) is 3. The molecule has 2 N–H and O–H groups in total. The summed E-state index contributed by atoms with van der Waals surface area (Å²) in [6.45, 7) is 10.2. The molecule has 1 aliphatic heterocycles. The van der Waals surface area contributed by atoms with Gasteiger partial charge in [-0.15, -0.1) is 0 Å². The Balaban J connectivity index is 2.14. The molecule has 1 fully saturated rings. The Morgan fingerprint density at radius 3 is 2.40 bits per heavy atom. The van der Waals surface area contributed by atoms with Crippen LogP contribution in [-0.4, -0.2) is 41.7 Å². The molecule has 4 heteroatoms. The maximum absolute atomic E-state index is 12.8. The number of benzene rings is 1. The fourth-order valence-electron chi connectivity index (χ4n) is 3.80. The molecule has 0 aliphatic carbocycles. The second kappa shape index (κ2) is 9.35. The molecule has 4 nitrogen and oxygen atoms in total. The molecule has 1 aromatic carbocycles. The van der Waals surface area contributed by atoms with Gasteiger partial charge in [-0.1, -0.05) is 52.3 Å². The lowest BCUT2D eigenvalue weighted by atomic mass is 9.92. The Kier molecular flexibility index (Phi) is 7.45. The van der Waals surface area contributed by atoms with Crippen molar-refractivity contribution >= 4 is 11.6 Å². The molecule has 1 atom stereocenters. The molecule has 25 heavy (non-hydrogen) atoms. The van der Waals surface area contributed by atoms with Crippen LogP contribution in [0.5, 0.6) is 0 Å². The highest BCUT2D eigenvalue weighted by Crippen LogP contribution is 2.32. The van der Waals surface area contributed by atoms with Gasteiger partial charge in [0.05, 0.1) is 6.54 Å². The third kappa shape index (κ3) is 5.29. The number of piperidine rings is 1. The van der Waals surface area contributed by atoms with Gasteiger partial charge >= 0.3 is 0 Å². The molecule has 1 unspecified atom stereocenters. The van der Waals surface area contributed by atoms with E-state index in [9.17, 15) is 9.90 Å². The van der Waals surface area contributed by atoms with E-state index >= 15 is 0 Å². The first-order chi connectivity index (χ1) is 11.9. The van der Waals surface area contributed by atoms with Gasteiger partial charge < -0.3 is 10.4 Å². The Bertz CT molecular complexity index is 541. The summed E-state index contributed by atoms with van der Waals surface area (Å²) < 4.78 is 0. The van der Waals surface area contributed by atoms with Gasteiger partial charge in [-0.3, -0.25) is 9.69 Å². The third-order valence-electron chi connectivity index (χ3n) is 5.20. The number of carbonyl (C=O) groups is 1. The molecule has 0 aromatic heterocycles. The minimum absolute atomic E-state index is 0.0554. The highest BCUT2D eigenvalue weighted by Gasteiger charge is 2.24. The summed E-state index contributed by atoms with van der Waals surface area (Å²) in [6.07, 6.45) is 4.16. The SMILES string of the molecule is CC(C)c1cccc(C(C)C)c1NC(=O)CN1CCCCC1CCO. The van der Waals surface area contributed by atoms with Crippen molar-refractivity contribution in [3.8, 4) is 0 Å². The first-order valence-corrected chi connectivity index (χ1v) is 9.71. The zero-order valence-corrected chi connectivity index (χ0v) is 16.2. The predicted octanol–water partition coefficient (Wildman–Crippen LogP) is 4.11. The highest BCUT2D eigenvalue weighted by atomic mass is 16.3. The second-order valence-corrected chi connectivity index (χ2v) is 7.80. The zero-order chi connectivity index (χ0) is 18.4. The molecule has 1 aliphatic rings. The molecule has 0 spiro atoms. The smallest absolute Gasteiger partial charge is 0.238 e. The van der Waals surface area contributed by atoms with Crippen molar-refractivity contribution in [2.45, 2.75) is 71.3 Å². The molecule has 1 heterocycles. The van der Waals surface area contributed by atoms with E-state index in [-0.39, 0.29) is 12.5 Å². The molecule has 1 saturated heterocycles. The van der Waals surface area contributed by atoms with E-state index in [0.29, 0.717) is 24.4 Å². The molecular weight excluding hydrogens is 312 g/mol. The second-order valence-electron chi connectivity index (χ2n) is 7.80. The highest BCUT2D eigenvalue weighted by molar-refractivity contribution is 5.94. The van der Waals surface area contributed by atoms with E-state index in [1.807, 2.05) is 0 Å². The fourth-order valence-corrected chi connectivity index (χ4v) is 3.80. The Labute approximate surface area is 152 Å². The number of aliphatic hydroxyl groups is 1. The average Bonchev–Trinajstić information content (AvgIpc) is 2.56. The quantitative estimate of drug-likeness (QED) is 0.781. The standard InChI is InChI=1S/C21H34N2O2/c1-15(2)18-9-7-10-19(16(3)4)21(18)22-20(25)14-23-12-6-5-8-17(23)11-13-24/h7,9-10,15-17,24H,5-6,8,11-14H2,1-4H3,(H,22,25). The van der Waals surface area contributed by atoms with Gasteiger partial charge in [0.25, 0.3) is 0 Å². The van der Waals surface area contributed by atoms with Gasteiger partial charge in [-0.25, -0.2) is 0 Å². The normalized spacial score (nSPS) is 18.8. The van der Waals surface area contributed by atoms with Crippen molar-refractivity contribution in [2.75, 3.05) is 25.0 Å². The molecule has 1 amide bonds. The number of amides is 1. The fraction of sp³-hybridized carbons (Fsp3) is 0.667. The Morgan fingerprint density at radius 2 is 1.84 bits per heavy atom. The van der Waals surface area contributed by atoms with Gasteiger partial charge in [0.15, 0.2) is 0 Å². The first kappa shape index (κ1) is 19.9. The molecule has 2 rings (SSSR count). The van der Waals surface area contributed by atoms with E-state index in [1.54, 1.807) is 0 Å². The van der Waals surface area contributed by atoms with Crippen LogP contribution in [0.15, 0.2) is 18.2 Å². The molecule has 0 saturated carbocycles. The van der Waals surface area contributed by atoms with Crippen LogP contribution in [0.25, 0.3) is 0 Å². The summed E-state index contributed by atoms with van der Waals surface area (Å²) in [5.74, 6) is 0.789.